The molecule has 12 nitrogen and oxygen atoms in total. The van der Waals surface area contributed by atoms with E-state index < -0.39 is 0 Å². The third kappa shape index (κ3) is 6.21. The number of fused-ring (bicyclic) bond motifs is 8. The smallest absolute Gasteiger partial charge is 0.399 e. The topological polar surface area (TPSA) is 110 Å². The summed E-state index contributed by atoms with van der Waals surface area (Å²) in [5.41, 5.74) is 5.05. The summed E-state index contributed by atoms with van der Waals surface area (Å²) >= 11 is 5.82. The Morgan fingerprint density at radius 1 is 0.720 bits per heavy atom. The molecule has 7 aliphatic rings. The summed E-state index contributed by atoms with van der Waals surface area (Å²) in [6, 6.07) is 10.6. The second kappa shape index (κ2) is 12.2. The van der Waals surface area contributed by atoms with Crippen LogP contribution in [0.15, 0.2) is 49.1 Å². The number of nitrogens with zero attached hydrogens (tertiary/aromatic N) is 8. The van der Waals surface area contributed by atoms with E-state index in [2.05, 4.69) is 92.5 Å². The van der Waals surface area contributed by atoms with Crippen molar-refractivity contribution in [2.24, 2.45) is 0 Å². The van der Waals surface area contributed by atoms with E-state index in [4.69, 9.17) is 25.9 Å². The third-order valence-electron chi connectivity index (χ3n) is 11.3. The maximum Gasteiger partial charge on any atom is 0.498 e. The standard InChI is InChI=1S/C15H17N5.C12H19BN2O2.C9H10ClN3/c1-2-12(1)20-8-10(7-16-20)13-3-4-14-15(18-13)17-11-5-6-19(14)9-11;1-11(2)12(3,4)17-13(16-11)9-7-14-15(8-9)10-5-6-10;10-8-2-1-7-9(12-8)11-6-3-4-13(7)5-6/h3-4,7-8,11-12H,1-2,5-6,9H2,(H,17,18);7-8,10H,5-6H2,1-4H3;1-2,6H,3-5H2,(H,11,12)/t11-;;6-/m0.0/s1. The molecule has 0 radical (unpaired) electrons. The highest BCUT2D eigenvalue weighted by molar-refractivity contribution is 6.62. The molecule has 4 aromatic heterocycles. The van der Waals surface area contributed by atoms with E-state index in [1.165, 1.54) is 49.9 Å². The molecular formula is C36H46BClN10O2. The van der Waals surface area contributed by atoms with Gasteiger partial charge in [-0.05, 0) is 90.5 Å². The summed E-state index contributed by atoms with van der Waals surface area (Å²) in [4.78, 5) is 13.9. The summed E-state index contributed by atoms with van der Waals surface area (Å²) in [5, 5.41) is 16.3. The third-order valence-corrected chi connectivity index (χ3v) is 11.6. The van der Waals surface area contributed by atoms with Gasteiger partial charge >= 0.3 is 7.12 Å². The molecule has 2 saturated carbocycles. The minimum atomic E-state index is -0.285. The molecule has 50 heavy (non-hydrogen) atoms. The van der Waals surface area contributed by atoms with Crippen LogP contribution in [-0.2, 0) is 9.31 Å². The Labute approximate surface area is 299 Å². The van der Waals surface area contributed by atoms with Crippen LogP contribution in [0.4, 0.5) is 23.0 Å². The molecule has 262 valence electrons. The molecule has 14 heteroatoms. The first-order chi connectivity index (χ1) is 24.1. The number of anilines is 4. The number of halogens is 1. The molecule has 0 amide bonds. The van der Waals surface area contributed by atoms with E-state index >= 15 is 0 Å². The molecule has 4 bridgehead atoms. The first-order valence-electron chi connectivity index (χ1n) is 18.2. The van der Waals surface area contributed by atoms with Crippen molar-refractivity contribution in [1.29, 1.82) is 0 Å². The van der Waals surface area contributed by atoms with E-state index in [0.29, 0.717) is 29.3 Å². The maximum absolute atomic E-state index is 5.99. The van der Waals surface area contributed by atoms with Gasteiger partial charge < -0.3 is 29.7 Å². The molecule has 5 aliphatic heterocycles. The maximum atomic E-state index is 5.99. The first kappa shape index (κ1) is 32.1. The minimum Gasteiger partial charge on any atom is -0.399 e. The Bertz CT molecular complexity index is 1870. The lowest BCUT2D eigenvalue weighted by Crippen LogP contribution is -2.41. The van der Waals surface area contributed by atoms with Gasteiger partial charge in [0.25, 0.3) is 0 Å². The molecule has 4 aromatic rings. The Morgan fingerprint density at radius 2 is 1.28 bits per heavy atom. The van der Waals surface area contributed by atoms with Crippen LogP contribution in [0.3, 0.4) is 0 Å². The fraction of sp³-hybridized carbons (Fsp3) is 0.556. The predicted molar refractivity (Wildman–Crippen MR) is 198 cm³/mol. The van der Waals surface area contributed by atoms with Crippen molar-refractivity contribution in [3.63, 3.8) is 0 Å². The molecule has 11 rings (SSSR count). The van der Waals surface area contributed by atoms with Crippen molar-refractivity contribution in [3.8, 4) is 11.3 Å². The second-order valence-electron chi connectivity index (χ2n) is 15.7. The largest absolute Gasteiger partial charge is 0.498 e. The van der Waals surface area contributed by atoms with Crippen LogP contribution in [0.5, 0.6) is 0 Å². The lowest BCUT2D eigenvalue weighted by Gasteiger charge is -2.32. The van der Waals surface area contributed by atoms with Crippen molar-refractivity contribution >= 4 is 47.2 Å². The Balaban J connectivity index is 0.000000103. The number of aromatic nitrogens is 6. The zero-order valence-corrected chi connectivity index (χ0v) is 30.1. The van der Waals surface area contributed by atoms with Gasteiger partial charge in [0.15, 0.2) is 11.6 Å². The average Bonchev–Trinajstić information content (AvgIpc) is 3.88. The van der Waals surface area contributed by atoms with Crippen molar-refractivity contribution in [2.75, 3.05) is 46.6 Å². The highest BCUT2D eigenvalue weighted by atomic mass is 35.5. The lowest BCUT2D eigenvalue weighted by molar-refractivity contribution is 0.00578. The van der Waals surface area contributed by atoms with Crippen LogP contribution in [0.1, 0.15) is 78.3 Å². The zero-order chi connectivity index (χ0) is 34.2. The number of hydrogen-bond acceptors (Lipinski definition) is 10. The van der Waals surface area contributed by atoms with E-state index in [9.17, 15) is 0 Å². The van der Waals surface area contributed by atoms with Crippen molar-refractivity contribution < 1.29 is 9.31 Å². The van der Waals surface area contributed by atoms with Gasteiger partial charge in [-0.3, -0.25) is 9.36 Å². The highest BCUT2D eigenvalue weighted by Crippen LogP contribution is 2.39. The number of rotatable bonds is 4. The fourth-order valence-electron chi connectivity index (χ4n) is 7.35. The van der Waals surface area contributed by atoms with Crippen molar-refractivity contribution in [3.05, 3.63) is 54.2 Å². The van der Waals surface area contributed by atoms with Crippen LogP contribution in [0.25, 0.3) is 11.3 Å². The van der Waals surface area contributed by atoms with Crippen LogP contribution >= 0.6 is 11.6 Å². The van der Waals surface area contributed by atoms with E-state index in [0.717, 1.165) is 54.5 Å². The summed E-state index contributed by atoms with van der Waals surface area (Å²) < 4.78 is 16.1. The van der Waals surface area contributed by atoms with Gasteiger partial charge in [-0.1, -0.05) is 11.6 Å². The van der Waals surface area contributed by atoms with E-state index in [1.807, 2.05) is 29.2 Å². The molecule has 9 heterocycles. The lowest BCUT2D eigenvalue weighted by atomic mass is 9.82. The number of hydrogen-bond donors (Lipinski definition) is 2. The van der Waals surface area contributed by atoms with Gasteiger partial charge in [0, 0.05) is 67.9 Å². The minimum absolute atomic E-state index is 0.278. The molecule has 3 saturated heterocycles. The van der Waals surface area contributed by atoms with Crippen LogP contribution < -0.4 is 25.9 Å². The van der Waals surface area contributed by atoms with Crippen molar-refractivity contribution in [1.82, 2.24) is 29.5 Å². The quantitative estimate of drug-likeness (QED) is 0.209. The normalized spacial score (nSPS) is 24.7. The summed E-state index contributed by atoms with van der Waals surface area (Å²) in [6.45, 7) is 12.8. The second-order valence-corrected chi connectivity index (χ2v) is 16.1. The monoisotopic (exact) mass is 696 g/mol. The van der Waals surface area contributed by atoms with Crippen molar-refractivity contribution in [2.45, 2.75) is 102 Å². The van der Waals surface area contributed by atoms with E-state index in [1.54, 1.807) is 0 Å². The molecule has 2 aliphatic carbocycles. The predicted octanol–water partition coefficient (Wildman–Crippen LogP) is 5.54. The first-order valence-corrected chi connectivity index (χ1v) is 18.6. The molecule has 2 atom stereocenters. The average molecular weight is 697 g/mol. The highest BCUT2D eigenvalue weighted by Gasteiger charge is 2.52. The molecular weight excluding hydrogens is 651 g/mol. The van der Waals surface area contributed by atoms with E-state index in [-0.39, 0.29) is 18.3 Å². The van der Waals surface area contributed by atoms with Gasteiger partial charge in [0.2, 0.25) is 0 Å². The van der Waals surface area contributed by atoms with Gasteiger partial charge in [-0.25, -0.2) is 9.97 Å². The van der Waals surface area contributed by atoms with Gasteiger partial charge in [-0.15, -0.1) is 0 Å². The Hall–Kier alpha value is -3.81. The molecule has 0 unspecified atom stereocenters. The fourth-order valence-corrected chi connectivity index (χ4v) is 7.49. The molecule has 0 spiro atoms. The number of nitrogens with one attached hydrogen (secondary N) is 2. The summed E-state index contributed by atoms with van der Waals surface area (Å²) in [7, 11) is -0.285. The van der Waals surface area contributed by atoms with Crippen LogP contribution in [-0.4, -0.2) is 86.1 Å². The Kier molecular flexibility index (Phi) is 7.81. The van der Waals surface area contributed by atoms with Crippen LogP contribution in [0, 0.1) is 0 Å². The SMILES string of the molecule is CC1(C)OB(c2cnn(C3CC3)c2)OC1(C)C.Clc1ccc2c(n1)N[C@H]1CCN2C1.c1nn(C2CC2)cc1-c1ccc2c(n1)N[C@H]1CCN2C1. The summed E-state index contributed by atoms with van der Waals surface area (Å²) in [5.74, 6) is 1.98. The van der Waals surface area contributed by atoms with Gasteiger partial charge in [0.05, 0.1) is 46.6 Å². The van der Waals surface area contributed by atoms with Gasteiger partial charge in [0.1, 0.15) is 5.15 Å². The summed E-state index contributed by atoms with van der Waals surface area (Å²) in [6.07, 6.45) is 15.4. The van der Waals surface area contributed by atoms with Crippen LogP contribution in [0.2, 0.25) is 5.15 Å². The molecule has 0 aromatic carbocycles. The molecule has 5 fully saturated rings. The zero-order valence-electron chi connectivity index (χ0n) is 29.3. The van der Waals surface area contributed by atoms with Gasteiger partial charge in [-0.2, -0.15) is 10.2 Å². The molecule has 2 N–H and O–H groups in total. The number of pyridine rings is 2. The Morgan fingerprint density at radius 3 is 1.90 bits per heavy atom.